The summed E-state index contributed by atoms with van der Waals surface area (Å²) in [5, 5.41) is 14.3. The van der Waals surface area contributed by atoms with E-state index in [0.717, 1.165) is 25.5 Å². The zero-order chi connectivity index (χ0) is 14.1. The largest absolute Gasteiger partial charge is 0.387 e. The second-order valence-corrected chi connectivity index (χ2v) is 7.45. The Kier molecular flexibility index (Phi) is 4.36. The van der Waals surface area contributed by atoms with Crippen LogP contribution in [0.25, 0.3) is 0 Å². The summed E-state index contributed by atoms with van der Waals surface area (Å²) in [5.41, 5.74) is -0.408. The van der Waals surface area contributed by atoms with Gasteiger partial charge in [0.1, 0.15) is 9.36 Å². The SMILES string of the molecule is CSc1ncc(C=O)c(N[C@]2(I)CCC[C@@]2(C)O)n1. The number of nitrogens with one attached hydrogen (secondary N) is 1. The van der Waals surface area contributed by atoms with Gasteiger partial charge in [0.2, 0.25) is 0 Å². The molecule has 0 amide bonds. The van der Waals surface area contributed by atoms with Crippen LogP contribution in [0.1, 0.15) is 36.5 Å². The first-order valence-corrected chi connectivity index (χ1v) is 8.28. The lowest BCUT2D eigenvalue weighted by atomic mass is 10.0. The van der Waals surface area contributed by atoms with E-state index in [1.54, 1.807) is 0 Å². The van der Waals surface area contributed by atoms with Crippen LogP contribution >= 0.6 is 34.4 Å². The molecular formula is C12H16IN3O2S. The van der Waals surface area contributed by atoms with Gasteiger partial charge in [-0.2, -0.15) is 0 Å². The molecular weight excluding hydrogens is 377 g/mol. The lowest BCUT2D eigenvalue weighted by molar-refractivity contribution is 0.0521. The average Bonchev–Trinajstić information content (AvgIpc) is 2.63. The number of rotatable bonds is 4. The zero-order valence-corrected chi connectivity index (χ0v) is 13.8. The average molecular weight is 393 g/mol. The highest BCUT2D eigenvalue weighted by atomic mass is 127. The number of hydrogen-bond acceptors (Lipinski definition) is 6. The van der Waals surface area contributed by atoms with Crippen molar-refractivity contribution in [2.45, 2.75) is 40.5 Å². The molecule has 0 unspecified atom stereocenters. The molecule has 2 rings (SSSR count). The molecule has 1 aliphatic carbocycles. The van der Waals surface area contributed by atoms with Crippen molar-refractivity contribution in [1.29, 1.82) is 0 Å². The standard InChI is InChI=1S/C12H16IN3O2S/c1-11(18)4-3-5-12(11,13)16-9-8(7-17)6-14-10(15-9)19-2/h6-7,18H,3-5H2,1-2H3,(H,14,15,16)/t11-,12-/m1/s1. The number of aldehydes is 1. The molecule has 1 heterocycles. The van der Waals surface area contributed by atoms with E-state index in [9.17, 15) is 9.90 Å². The summed E-state index contributed by atoms with van der Waals surface area (Å²) in [6.45, 7) is 1.82. The first-order valence-electron chi connectivity index (χ1n) is 5.97. The van der Waals surface area contributed by atoms with Gasteiger partial charge in [0.25, 0.3) is 0 Å². The molecule has 0 saturated heterocycles. The normalized spacial score (nSPS) is 30.3. The lowest BCUT2D eigenvalue weighted by Crippen LogP contribution is -2.48. The lowest BCUT2D eigenvalue weighted by Gasteiger charge is -2.36. The van der Waals surface area contributed by atoms with E-state index in [1.165, 1.54) is 18.0 Å². The number of aromatic nitrogens is 2. The summed E-state index contributed by atoms with van der Waals surface area (Å²) in [6.07, 6.45) is 6.64. The van der Waals surface area contributed by atoms with E-state index in [0.29, 0.717) is 16.5 Å². The molecule has 1 aromatic heterocycles. The van der Waals surface area contributed by atoms with Crippen molar-refractivity contribution in [2.75, 3.05) is 11.6 Å². The van der Waals surface area contributed by atoms with Gasteiger partial charge in [0.15, 0.2) is 11.4 Å². The van der Waals surface area contributed by atoms with Gasteiger partial charge in [-0.15, -0.1) is 0 Å². The molecule has 5 nitrogen and oxygen atoms in total. The molecule has 0 bridgehead atoms. The number of aliphatic hydroxyl groups is 1. The van der Waals surface area contributed by atoms with E-state index in [2.05, 4.69) is 37.9 Å². The Balaban J connectivity index is 2.34. The number of alkyl halides is 1. The van der Waals surface area contributed by atoms with Crippen molar-refractivity contribution in [3.05, 3.63) is 11.8 Å². The molecule has 0 aromatic carbocycles. The van der Waals surface area contributed by atoms with Gasteiger partial charge in [-0.05, 0) is 32.4 Å². The molecule has 1 saturated carbocycles. The first kappa shape index (κ1) is 15.0. The molecule has 7 heteroatoms. The van der Waals surface area contributed by atoms with Crippen LogP contribution in [0, 0.1) is 0 Å². The summed E-state index contributed by atoms with van der Waals surface area (Å²) in [5.74, 6) is 0.492. The topological polar surface area (TPSA) is 75.1 Å². The van der Waals surface area contributed by atoms with Gasteiger partial charge in [-0.1, -0.05) is 34.4 Å². The van der Waals surface area contributed by atoms with E-state index < -0.39 is 9.15 Å². The number of thioether (sulfide) groups is 1. The molecule has 1 aromatic rings. The summed E-state index contributed by atoms with van der Waals surface area (Å²) < 4.78 is -0.507. The smallest absolute Gasteiger partial charge is 0.189 e. The zero-order valence-electron chi connectivity index (χ0n) is 10.8. The van der Waals surface area contributed by atoms with Crippen molar-refractivity contribution in [1.82, 2.24) is 9.97 Å². The summed E-state index contributed by atoms with van der Waals surface area (Å²) >= 11 is 3.64. The van der Waals surface area contributed by atoms with Crippen LogP contribution in [-0.4, -0.2) is 36.8 Å². The van der Waals surface area contributed by atoms with Crippen LogP contribution in [-0.2, 0) is 0 Å². The minimum absolute atomic E-state index is 0.413. The maximum absolute atomic E-state index is 11.1. The Morgan fingerprint density at radius 1 is 1.58 bits per heavy atom. The van der Waals surface area contributed by atoms with Crippen LogP contribution in [0.5, 0.6) is 0 Å². The van der Waals surface area contributed by atoms with Gasteiger partial charge >= 0.3 is 0 Å². The summed E-state index contributed by atoms with van der Waals surface area (Å²) in [4.78, 5) is 19.5. The Hall–Kier alpha value is -0.410. The van der Waals surface area contributed by atoms with Gasteiger partial charge in [-0.3, -0.25) is 4.79 Å². The van der Waals surface area contributed by atoms with Crippen LogP contribution in [0.4, 0.5) is 5.82 Å². The maximum atomic E-state index is 11.1. The fourth-order valence-corrected chi connectivity index (χ4v) is 3.44. The van der Waals surface area contributed by atoms with Crippen LogP contribution in [0.3, 0.4) is 0 Å². The highest BCUT2D eigenvalue weighted by molar-refractivity contribution is 14.1. The van der Waals surface area contributed by atoms with Gasteiger partial charge in [0, 0.05) is 6.20 Å². The monoisotopic (exact) mass is 393 g/mol. The maximum Gasteiger partial charge on any atom is 0.189 e. The fraction of sp³-hybridized carbons (Fsp3) is 0.583. The fourth-order valence-electron chi connectivity index (χ4n) is 2.19. The molecule has 2 atom stereocenters. The predicted molar refractivity (Wildman–Crippen MR) is 84.0 cm³/mol. The third-order valence-electron chi connectivity index (χ3n) is 3.46. The molecule has 2 N–H and O–H groups in total. The Bertz CT molecular complexity index is 498. The summed E-state index contributed by atoms with van der Waals surface area (Å²) in [7, 11) is 0. The number of halogens is 1. The molecule has 1 aliphatic rings. The van der Waals surface area contributed by atoms with Crippen molar-refractivity contribution in [3.8, 4) is 0 Å². The molecule has 0 radical (unpaired) electrons. The van der Waals surface area contributed by atoms with E-state index in [1.807, 2.05) is 13.2 Å². The highest BCUT2D eigenvalue weighted by Crippen LogP contribution is 2.46. The number of carbonyl (C=O) groups is 1. The minimum Gasteiger partial charge on any atom is -0.387 e. The van der Waals surface area contributed by atoms with Crippen molar-refractivity contribution in [2.24, 2.45) is 0 Å². The van der Waals surface area contributed by atoms with E-state index in [4.69, 9.17) is 0 Å². The third kappa shape index (κ3) is 2.87. The number of carbonyl (C=O) groups excluding carboxylic acids is 1. The van der Waals surface area contributed by atoms with Crippen molar-refractivity contribution < 1.29 is 9.90 Å². The number of hydrogen-bond donors (Lipinski definition) is 2. The molecule has 1 fully saturated rings. The number of nitrogens with zero attached hydrogens (tertiary/aromatic N) is 2. The summed E-state index contributed by atoms with van der Waals surface area (Å²) in [6, 6.07) is 0. The van der Waals surface area contributed by atoms with Crippen LogP contribution in [0.2, 0.25) is 0 Å². The van der Waals surface area contributed by atoms with Crippen molar-refractivity contribution >= 4 is 46.5 Å². The Labute approximate surface area is 130 Å². The van der Waals surface area contributed by atoms with Gasteiger partial charge < -0.3 is 10.4 Å². The molecule has 0 spiro atoms. The van der Waals surface area contributed by atoms with Gasteiger partial charge in [-0.25, -0.2) is 9.97 Å². The molecule has 104 valence electrons. The number of anilines is 1. The minimum atomic E-state index is -0.821. The van der Waals surface area contributed by atoms with Crippen LogP contribution in [0.15, 0.2) is 11.4 Å². The molecule has 0 aliphatic heterocycles. The van der Waals surface area contributed by atoms with E-state index in [-0.39, 0.29) is 0 Å². The molecule has 19 heavy (non-hydrogen) atoms. The highest BCUT2D eigenvalue weighted by Gasteiger charge is 2.49. The quantitative estimate of drug-likeness (QED) is 0.205. The third-order valence-corrected chi connectivity index (χ3v) is 5.99. The van der Waals surface area contributed by atoms with E-state index >= 15 is 0 Å². The second kappa shape index (κ2) is 5.53. The predicted octanol–water partition coefficient (Wildman–Crippen LogP) is 2.49. The second-order valence-electron chi connectivity index (χ2n) is 4.83. The van der Waals surface area contributed by atoms with Crippen molar-refractivity contribution in [3.63, 3.8) is 0 Å². The Morgan fingerprint density at radius 3 is 2.84 bits per heavy atom. The van der Waals surface area contributed by atoms with Crippen LogP contribution < -0.4 is 5.32 Å². The first-order chi connectivity index (χ1) is 8.92. The van der Waals surface area contributed by atoms with Gasteiger partial charge in [0.05, 0.1) is 11.2 Å². The Morgan fingerprint density at radius 2 is 2.32 bits per heavy atom.